The Labute approximate surface area is 124 Å². The summed E-state index contributed by atoms with van der Waals surface area (Å²) >= 11 is 3.17. The van der Waals surface area contributed by atoms with Crippen LogP contribution in [-0.2, 0) is 11.3 Å². The van der Waals surface area contributed by atoms with Gasteiger partial charge in [-0.25, -0.2) is 9.78 Å². The van der Waals surface area contributed by atoms with Crippen molar-refractivity contribution < 1.29 is 9.53 Å². The van der Waals surface area contributed by atoms with Gasteiger partial charge in [-0.3, -0.25) is 5.32 Å². The third-order valence-corrected chi connectivity index (χ3v) is 2.77. The van der Waals surface area contributed by atoms with Crippen molar-refractivity contribution in [2.75, 3.05) is 5.32 Å². The molecule has 1 amide bonds. The molecule has 0 radical (unpaired) electrons. The van der Waals surface area contributed by atoms with Crippen LogP contribution in [0.2, 0.25) is 0 Å². The first-order chi connectivity index (χ1) is 9.67. The number of nitriles is 1. The van der Waals surface area contributed by atoms with Crippen molar-refractivity contribution in [2.45, 2.75) is 6.61 Å². The van der Waals surface area contributed by atoms with E-state index in [2.05, 4.69) is 26.2 Å². The van der Waals surface area contributed by atoms with Crippen LogP contribution in [0.5, 0.6) is 0 Å². The molecular weight excluding hydrogens is 322 g/mol. The van der Waals surface area contributed by atoms with Gasteiger partial charge in [0, 0.05) is 0 Å². The average molecular weight is 332 g/mol. The van der Waals surface area contributed by atoms with Crippen LogP contribution in [0.1, 0.15) is 11.1 Å². The highest BCUT2D eigenvalue weighted by Crippen LogP contribution is 2.14. The number of aromatic nitrogens is 1. The van der Waals surface area contributed by atoms with Gasteiger partial charge in [-0.1, -0.05) is 30.3 Å². The predicted molar refractivity (Wildman–Crippen MR) is 76.9 cm³/mol. The lowest BCUT2D eigenvalue weighted by atomic mass is 10.2. The Hall–Kier alpha value is -2.39. The molecule has 1 aromatic carbocycles. The quantitative estimate of drug-likeness (QED) is 0.874. The number of carbonyl (C=O) groups is 1. The average Bonchev–Trinajstić information content (AvgIpc) is 2.45. The molecule has 0 saturated heterocycles. The lowest BCUT2D eigenvalue weighted by molar-refractivity contribution is 0.155. The van der Waals surface area contributed by atoms with Crippen LogP contribution in [0.25, 0.3) is 0 Å². The second-order valence-electron chi connectivity index (χ2n) is 3.86. The maximum Gasteiger partial charge on any atom is 0.413 e. The minimum atomic E-state index is -0.622. The summed E-state index contributed by atoms with van der Waals surface area (Å²) in [6, 6.07) is 14.3. The fourth-order valence-corrected chi connectivity index (χ4v) is 1.93. The molecule has 5 nitrogen and oxygen atoms in total. The van der Waals surface area contributed by atoms with Crippen molar-refractivity contribution in [3.05, 3.63) is 58.2 Å². The van der Waals surface area contributed by atoms with Crippen LogP contribution in [-0.4, -0.2) is 11.1 Å². The lowest BCUT2D eigenvalue weighted by Crippen LogP contribution is -2.14. The summed E-state index contributed by atoms with van der Waals surface area (Å²) in [7, 11) is 0. The molecule has 0 unspecified atom stereocenters. The number of amides is 1. The zero-order valence-corrected chi connectivity index (χ0v) is 11.9. The summed E-state index contributed by atoms with van der Waals surface area (Å²) in [5, 5.41) is 11.3. The molecule has 20 heavy (non-hydrogen) atoms. The molecule has 2 aromatic rings. The first-order valence-corrected chi connectivity index (χ1v) is 6.52. The van der Waals surface area contributed by atoms with E-state index in [1.165, 1.54) is 6.07 Å². The Morgan fingerprint density at radius 3 is 2.80 bits per heavy atom. The Morgan fingerprint density at radius 1 is 1.35 bits per heavy atom. The summed E-state index contributed by atoms with van der Waals surface area (Å²) in [4.78, 5) is 15.7. The van der Waals surface area contributed by atoms with E-state index in [-0.39, 0.29) is 12.4 Å². The summed E-state index contributed by atoms with van der Waals surface area (Å²) in [5.74, 6) is 0.258. The second-order valence-corrected chi connectivity index (χ2v) is 4.67. The van der Waals surface area contributed by atoms with Crippen LogP contribution in [0, 0.1) is 11.3 Å². The SMILES string of the molecule is N#Cc1cc(Br)nc(NC(=O)OCc2ccccc2)c1. The van der Waals surface area contributed by atoms with E-state index in [9.17, 15) is 4.79 Å². The highest BCUT2D eigenvalue weighted by Gasteiger charge is 2.07. The van der Waals surface area contributed by atoms with E-state index in [4.69, 9.17) is 10.00 Å². The number of anilines is 1. The highest BCUT2D eigenvalue weighted by molar-refractivity contribution is 9.10. The van der Waals surface area contributed by atoms with Gasteiger partial charge in [0.15, 0.2) is 0 Å². The molecule has 1 heterocycles. The van der Waals surface area contributed by atoms with Crippen molar-refractivity contribution in [3.63, 3.8) is 0 Å². The van der Waals surface area contributed by atoms with Crippen molar-refractivity contribution in [1.82, 2.24) is 4.98 Å². The van der Waals surface area contributed by atoms with Gasteiger partial charge < -0.3 is 4.74 Å². The standard InChI is InChI=1S/C14H10BrN3O2/c15-12-6-11(8-16)7-13(17-12)18-14(19)20-9-10-4-2-1-3-5-10/h1-7H,9H2,(H,17,18,19). The van der Waals surface area contributed by atoms with Gasteiger partial charge in [-0.2, -0.15) is 5.26 Å². The number of ether oxygens (including phenoxy) is 1. The maximum atomic E-state index is 11.6. The van der Waals surface area contributed by atoms with Crippen molar-refractivity contribution in [2.24, 2.45) is 0 Å². The van der Waals surface area contributed by atoms with Crippen LogP contribution < -0.4 is 5.32 Å². The smallest absolute Gasteiger partial charge is 0.413 e. The first kappa shape index (κ1) is 14.0. The lowest BCUT2D eigenvalue weighted by Gasteiger charge is -2.07. The molecular formula is C14H10BrN3O2. The number of nitrogens with zero attached hydrogens (tertiary/aromatic N) is 2. The van der Waals surface area contributed by atoms with Gasteiger partial charge in [0.25, 0.3) is 0 Å². The zero-order valence-electron chi connectivity index (χ0n) is 10.3. The summed E-state index contributed by atoms with van der Waals surface area (Å²) < 4.78 is 5.52. The minimum Gasteiger partial charge on any atom is -0.444 e. The first-order valence-electron chi connectivity index (χ1n) is 5.73. The number of halogens is 1. The molecule has 0 bridgehead atoms. The van der Waals surface area contributed by atoms with Gasteiger partial charge in [0.05, 0.1) is 11.6 Å². The fraction of sp³-hybridized carbons (Fsp3) is 0.0714. The fourth-order valence-electron chi connectivity index (χ4n) is 1.49. The summed E-state index contributed by atoms with van der Waals surface area (Å²) in [6.07, 6.45) is -0.622. The van der Waals surface area contributed by atoms with Crippen LogP contribution in [0.3, 0.4) is 0 Å². The van der Waals surface area contributed by atoms with Gasteiger partial charge in [0.1, 0.15) is 17.0 Å². The van der Waals surface area contributed by atoms with Gasteiger partial charge >= 0.3 is 6.09 Å². The second kappa shape index (κ2) is 6.68. The molecule has 0 saturated carbocycles. The molecule has 0 spiro atoms. The molecule has 0 fully saturated rings. The number of pyridine rings is 1. The van der Waals surface area contributed by atoms with Crippen LogP contribution >= 0.6 is 15.9 Å². The number of benzene rings is 1. The van der Waals surface area contributed by atoms with E-state index in [0.29, 0.717) is 10.2 Å². The summed E-state index contributed by atoms with van der Waals surface area (Å²) in [6.45, 7) is 0.172. The van der Waals surface area contributed by atoms with Gasteiger partial charge in [-0.15, -0.1) is 0 Å². The third kappa shape index (κ3) is 4.07. The third-order valence-electron chi connectivity index (χ3n) is 2.37. The van der Waals surface area contributed by atoms with Crippen molar-refractivity contribution >= 4 is 27.8 Å². The Kier molecular flexibility index (Phi) is 4.69. The molecule has 6 heteroatoms. The predicted octanol–water partition coefficient (Wildman–Crippen LogP) is 3.46. The number of hydrogen-bond donors (Lipinski definition) is 1. The monoisotopic (exact) mass is 331 g/mol. The van der Waals surface area contributed by atoms with E-state index in [1.807, 2.05) is 36.4 Å². The molecule has 1 aromatic heterocycles. The van der Waals surface area contributed by atoms with Crippen LogP contribution in [0.15, 0.2) is 47.1 Å². The summed E-state index contributed by atoms with van der Waals surface area (Å²) in [5.41, 5.74) is 1.28. The molecule has 0 aliphatic heterocycles. The Morgan fingerprint density at radius 2 is 2.10 bits per heavy atom. The van der Waals surface area contributed by atoms with E-state index in [1.54, 1.807) is 6.07 Å². The minimum absolute atomic E-state index is 0.172. The number of carbonyl (C=O) groups excluding carboxylic acids is 1. The Balaban J connectivity index is 1.95. The molecule has 1 N–H and O–H groups in total. The molecule has 0 atom stereocenters. The van der Waals surface area contributed by atoms with Gasteiger partial charge in [-0.05, 0) is 33.6 Å². The van der Waals surface area contributed by atoms with Crippen molar-refractivity contribution in [3.8, 4) is 6.07 Å². The number of nitrogens with one attached hydrogen (secondary N) is 1. The number of hydrogen-bond acceptors (Lipinski definition) is 4. The van der Waals surface area contributed by atoms with E-state index >= 15 is 0 Å². The van der Waals surface area contributed by atoms with E-state index in [0.717, 1.165) is 5.56 Å². The molecule has 0 aliphatic rings. The van der Waals surface area contributed by atoms with E-state index < -0.39 is 6.09 Å². The molecule has 0 aliphatic carbocycles. The maximum absolute atomic E-state index is 11.6. The van der Waals surface area contributed by atoms with Gasteiger partial charge in [0.2, 0.25) is 0 Å². The zero-order chi connectivity index (χ0) is 14.4. The topological polar surface area (TPSA) is 75.0 Å². The van der Waals surface area contributed by atoms with Crippen LogP contribution in [0.4, 0.5) is 10.6 Å². The normalized spacial score (nSPS) is 9.60. The molecule has 100 valence electrons. The van der Waals surface area contributed by atoms with Crippen molar-refractivity contribution in [1.29, 1.82) is 5.26 Å². The highest BCUT2D eigenvalue weighted by atomic mass is 79.9. The molecule has 2 rings (SSSR count). The number of rotatable bonds is 3. The Bertz CT molecular complexity index is 653. The largest absolute Gasteiger partial charge is 0.444 e.